The average Bonchev–Trinajstić information content (AvgIpc) is 3.84. The first-order chi connectivity index (χ1) is 31.5. The molecule has 0 saturated carbocycles. The molecule has 5 nitrogen and oxygen atoms in total. The van der Waals surface area contributed by atoms with E-state index in [2.05, 4.69) is 217 Å². The van der Waals surface area contributed by atoms with Crippen LogP contribution in [0.2, 0.25) is 0 Å². The van der Waals surface area contributed by atoms with Crippen LogP contribution in [-0.4, -0.2) is 24.6 Å². The molecule has 6 aromatic carbocycles. The van der Waals surface area contributed by atoms with Crippen molar-refractivity contribution in [1.29, 1.82) is 0 Å². The second-order valence-corrected chi connectivity index (χ2v) is 24.1. The number of aromatic nitrogens is 4. The molecule has 352 valence electrons. The van der Waals surface area contributed by atoms with Crippen molar-refractivity contribution >= 4 is 42.7 Å². The second kappa shape index (κ2) is 17.8. The van der Waals surface area contributed by atoms with Crippen molar-refractivity contribution in [1.82, 2.24) is 19.5 Å². The number of thiophene rings is 1. The van der Waals surface area contributed by atoms with Gasteiger partial charge in [0.15, 0.2) is 0 Å². The van der Waals surface area contributed by atoms with E-state index in [0.717, 1.165) is 78.0 Å². The Bertz CT molecular complexity index is 3350. The van der Waals surface area contributed by atoms with E-state index in [1.54, 1.807) is 17.7 Å². The molecule has 0 atom stereocenters. The maximum Gasteiger partial charge on any atom is 0.148 e. The van der Waals surface area contributed by atoms with Crippen LogP contribution >= 0.6 is 11.3 Å². The number of fused-ring (bicyclic) bond motifs is 4. The van der Waals surface area contributed by atoms with E-state index >= 15 is 0 Å². The van der Waals surface area contributed by atoms with Gasteiger partial charge < -0.3 is 5.11 Å². The fraction of sp³-hybridized carbons (Fsp3) is 0.328. The van der Waals surface area contributed by atoms with Gasteiger partial charge in [0.1, 0.15) is 17.9 Å². The van der Waals surface area contributed by atoms with Gasteiger partial charge in [0, 0.05) is 52.7 Å². The summed E-state index contributed by atoms with van der Waals surface area (Å²) >= 11 is 1.79. The molecule has 0 fully saturated rings. The van der Waals surface area contributed by atoms with Crippen molar-refractivity contribution in [2.24, 2.45) is 5.92 Å². The minimum absolute atomic E-state index is 0. The first kappa shape index (κ1) is 49.0. The van der Waals surface area contributed by atoms with Crippen LogP contribution in [0.1, 0.15) is 125 Å². The van der Waals surface area contributed by atoms with Crippen LogP contribution in [0.3, 0.4) is 0 Å². The molecule has 0 unspecified atom stereocenters. The topological polar surface area (TPSA) is 63.8 Å². The first-order valence-electron chi connectivity index (χ1n) is 23.8. The molecule has 0 saturated heterocycles. The Morgan fingerprint density at radius 2 is 1.25 bits per heavy atom. The molecule has 0 aliphatic carbocycles. The van der Waals surface area contributed by atoms with Gasteiger partial charge in [0.2, 0.25) is 0 Å². The predicted octanol–water partition coefficient (Wildman–Crippen LogP) is 16.7. The molecular formula is C61H65N4OPtS-. The van der Waals surface area contributed by atoms with Gasteiger partial charge in [-0.1, -0.05) is 181 Å². The zero-order valence-electron chi connectivity index (χ0n) is 42.2. The van der Waals surface area contributed by atoms with Crippen LogP contribution in [-0.2, 0) is 49.1 Å². The molecule has 0 bridgehead atoms. The number of hydrogen-bond donors (Lipinski definition) is 1. The Morgan fingerprint density at radius 3 is 1.91 bits per heavy atom. The van der Waals surface area contributed by atoms with E-state index in [-0.39, 0.29) is 48.5 Å². The molecule has 3 heterocycles. The molecule has 0 aliphatic heterocycles. The SMILES string of the molecule is CC(C)Cc1cccc2c1sc1c(-c3[c-]c(-c4cccc5c4nc(-c4cc(C(C)(C)C)cc(C(C)(C)C)c4O)n5-c4ccc(C(C)(C)C)cc4-c4ccccc4)cc(C(C)(C)C)c3)ncnc12.[Pt]. The summed E-state index contributed by atoms with van der Waals surface area (Å²) in [5, 5.41) is 13.8. The number of para-hydroxylation sites is 1. The molecule has 1 N–H and O–H groups in total. The summed E-state index contributed by atoms with van der Waals surface area (Å²) in [6.07, 6.45) is 2.72. The average molecular weight is 1100 g/mol. The van der Waals surface area contributed by atoms with Gasteiger partial charge in [-0.15, -0.1) is 40.7 Å². The fourth-order valence-electron chi connectivity index (χ4n) is 9.32. The third-order valence-electron chi connectivity index (χ3n) is 13.2. The standard InChI is InChI=1S/C61H65N4OS.Pt/c1-36(2)28-38-22-18-24-45-53-56(67-55(38)45)51(62-35-63-53)40-29-39(30-42(31-40)59(6,7)8)44-23-19-25-50-52(44)64-57(47-33-43(60(9,10)11)34-48(54(47)66)61(12,13)14)65(50)49-27-26-41(58(3,4)5)32-46(49)37-20-16-15-17-21-37;/h15-27,30-36,66H,28H2,1-14H3;/q-1;. The molecule has 0 aliphatic rings. The maximum absolute atomic E-state index is 12.6. The summed E-state index contributed by atoms with van der Waals surface area (Å²) < 4.78 is 4.64. The Kier molecular flexibility index (Phi) is 12.9. The van der Waals surface area contributed by atoms with Gasteiger partial charge >= 0.3 is 0 Å². The van der Waals surface area contributed by atoms with E-state index in [4.69, 9.17) is 15.0 Å². The van der Waals surface area contributed by atoms with Gasteiger partial charge in [0.05, 0.1) is 27.8 Å². The quantitative estimate of drug-likeness (QED) is 0.162. The largest absolute Gasteiger partial charge is 0.507 e. The van der Waals surface area contributed by atoms with Gasteiger partial charge in [0.25, 0.3) is 0 Å². The van der Waals surface area contributed by atoms with E-state index in [1.165, 1.54) is 26.8 Å². The summed E-state index contributed by atoms with van der Waals surface area (Å²) in [5.41, 5.74) is 15.4. The molecule has 3 aromatic heterocycles. The summed E-state index contributed by atoms with van der Waals surface area (Å²) in [7, 11) is 0. The van der Waals surface area contributed by atoms with Crippen LogP contribution in [0.15, 0.2) is 116 Å². The number of phenolic OH excluding ortho intramolecular Hbond substituents is 1. The van der Waals surface area contributed by atoms with Gasteiger partial charge in [-0.25, -0.2) is 9.97 Å². The molecule has 0 spiro atoms. The van der Waals surface area contributed by atoms with E-state index in [9.17, 15) is 5.11 Å². The summed E-state index contributed by atoms with van der Waals surface area (Å²) in [6.45, 7) is 31.3. The number of rotatable bonds is 7. The zero-order valence-corrected chi connectivity index (χ0v) is 45.3. The maximum atomic E-state index is 12.6. The Labute approximate surface area is 422 Å². The second-order valence-electron chi connectivity index (χ2n) is 23.1. The van der Waals surface area contributed by atoms with Crippen LogP contribution in [0.5, 0.6) is 5.75 Å². The van der Waals surface area contributed by atoms with Crippen LogP contribution < -0.4 is 0 Å². The van der Waals surface area contributed by atoms with E-state index in [0.29, 0.717) is 17.3 Å². The minimum atomic E-state index is -0.332. The van der Waals surface area contributed by atoms with Crippen molar-refractivity contribution < 1.29 is 26.2 Å². The Hall–Kier alpha value is -5.42. The van der Waals surface area contributed by atoms with Crippen molar-refractivity contribution in [2.75, 3.05) is 0 Å². The third kappa shape index (κ3) is 9.12. The number of aromatic hydroxyl groups is 1. The van der Waals surface area contributed by atoms with Gasteiger partial charge in [-0.05, 0) is 80.5 Å². The molecular weight excluding hydrogens is 1030 g/mol. The van der Waals surface area contributed by atoms with Gasteiger partial charge in [-0.3, -0.25) is 9.55 Å². The molecule has 0 radical (unpaired) electrons. The molecule has 9 aromatic rings. The molecule has 68 heavy (non-hydrogen) atoms. The molecule has 7 heteroatoms. The van der Waals surface area contributed by atoms with E-state index < -0.39 is 0 Å². The number of nitrogens with zero attached hydrogens (tertiary/aromatic N) is 4. The minimum Gasteiger partial charge on any atom is -0.507 e. The predicted molar refractivity (Wildman–Crippen MR) is 285 cm³/mol. The third-order valence-corrected chi connectivity index (χ3v) is 14.4. The summed E-state index contributed by atoms with van der Waals surface area (Å²) in [5.74, 6) is 1.47. The number of benzene rings is 6. The normalized spacial score (nSPS) is 12.7. The first-order valence-corrected chi connectivity index (χ1v) is 24.6. The van der Waals surface area contributed by atoms with Crippen LogP contribution in [0, 0.1) is 12.0 Å². The number of phenols is 1. The number of imidazole rings is 1. The Balaban J connectivity index is 0.00000625. The van der Waals surface area contributed by atoms with Crippen molar-refractivity contribution in [3.8, 4) is 56.3 Å². The van der Waals surface area contributed by atoms with Crippen molar-refractivity contribution in [3.63, 3.8) is 0 Å². The van der Waals surface area contributed by atoms with Crippen LogP contribution in [0.25, 0.3) is 81.9 Å². The van der Waals surface area contributed by atoms with Crippen molar-refractivity contribution in [2.45, 2.75) is 125 Å². The Morgan fingerprint density at radius 1 is 0.603 bits per heavy atom. The number of hydrogen-bond acceptors (Lipinski definition) is 5. The fourth-order valence-corrected chi connectivity index (χ4v) is 10.6. The molecule has 9 rings (SSSR count). The summed E-state index contributed by atoms with van der Waals surface area (Å²) in [6, 6.07) is 43.4. The van der Waals surface area contributed by atoms with Crippen molar-refractivity contribution in [3.05, 3.63) is 149 Å². The van der Waals surface area contributed by atoms with E-state index in [1.807, 2.05) is 0 Å². The molecule has 0 amide bonds. The van der Waals surface area contributed by atoms with Gasteiger partial charge in [-0.2, -0.15) is 0 Å². The summed E-state index contributed by atoms with van der Waals surface area (Å²) in [4.78, 5) is 15.6. The van der Waals surface area contributed by atoms with Crippen LogP contribution in [0.4, 0.5) is 0 Å². The zero-order chi connectivity index (χ0) is 48.0. The monoisotopic (exact) mass is 1100 g/mol. The smallest absolute Gasteiger partial charge is 0.148 e.